The highest BCUT2D eigenvalue weighted by molar-refractivity contribution is 5.69. The van der Waals surface area contributed by atoms with Gasteiger partial charge in [0.15, 0.2) is 5.79 Å². The predicted molar refractivity (Wildman–Crippen MR) is 129 cm³/mol. The number of nitrogens with zero attached hydrogens (tertiary/aromatic N) is 1. The van der Waals surface area contributed by atoms with Crippen LogP contribution in [0.1, 0.15) is 57.9 Å². The van der Waals surface area contributed by atoms with Crippen molar-refractivity contribution >= 4 is 6.09 Å². The highest BCUT2D eigenvalue weighted by Gasteiger charge is 2.54. The molecule has 2 aromatic carbocycles. The number of hydrogen-bond donors (Lipinski definition) is 2. The van der Waals surface area contributed by atoms with Gasteiger partial charge in [0, 0.05) is 6.54 Å². The molecule has 1 amide bonds. The molecule has 0 aromatic heterocycles. The maximum absolute atomic E-state index is 13.0. The van der Waals surface area contributed by atoms with Crippen molar-refractivity contribution in [2.24, 2.45) is 0 Å². The summed E-state index contributed by atoms with van der Waals surface area (Å²) in [5.74, 6) is -0.712. The van der Waals surface area contributed by atoms with Gasteiger partial charge in [-0.2, -0.15) is 0 Å². The summed E-state index contributed by atoms with van der Waals surface area (Å²) >= 11 is 0. The third-order valence-corrected chi connectivity index (χ3v) is 6.17. The minimum Gasteiger partial charge on any atom is -0.444 e. The zero-order chi connectivity index (χ0) is 24.5. The number of aliphatic hydroxyl groups excluding tert-OH is 1. The van der Waals surface area contributed by atoms with E-state index >= 15 is 0 Å². The second kappa shape index (κ2) is 9.66. The first-order chi connectivity index (χ1) is 16.0. The van der Waals surface area contributed by atoms with Gasteiger partial charge < -0.3 is 24.6 Å². The van der Waals surface area contributed by atoms with Crippen LogP contribution in [0.15, 0.2) is 60.7 Å². The van der Waals surface area contributed by atoms with Gasteiger partial charge in [-0.25, -0.2) is 4.79 Å². The normalized spacial score (nSPS) is 25.6. The first-order valence-electron chi connectivity index (χ1n) is 11.9. The Labute approximate surface area is 202 Å². The van der Waals surface area contributed by atoms with Crippen LogP contribution >= 0.6 is 0 Å². The Kier molecular flexibility index (Phi) is 7.01. The number of hydrogen-bond acceptors (Lipinski definition) is 6. The maximum atomic E-state index is 13.0. The van der Waals surface area contributed by atoms with Crippen molar-refractivity contribution in [1.29, 1.82) is 0 Å². The van der Waals surface area contributed by atoms with Crippen LogP contribution in [0.25, 0.3) is 0 Å². The second-order valence-corrected chi connectivity index (χ2v) is 10.5. The van der Waals surface area contributed by atoms with Crippen molar-refractivity contribution in [2.45, 2.75) is 76.4 Å². The molecule has 2 saturated heterocycles. The Morgan fingerprint density at radius 2 is 1.68 bits per heavy atom. The first-order valence-corrected chi connectivity index (χ1v) is 11.9. The molecule has 4 rings (SSSR count). The number of likely N-dealkylation sites (tertiary alicyclic amines) is 1. The number of ether oxygens (including phenoxy) is 3. The van der Waals surface area contributed by atoms with Gasteiger partial charge in [-0.15, -0.1) is 0 Å². The maximum Gasteiger partial charge on any atom is 0.410 e. The van der Waals surface area contributed by atoms with Gasteiger partial charge in [0.1, 0.15) is 17.8 Å². The standard InChI is InChI=1S/C27H36N2O5/c1-26(2,3)34-25(31)29-17-21-24(33-27(4,5)32-21)20(29)16-28-22(18-12-8-6-9-13-18)23(30)19-14-10-7-11-15-19/h6-15,20-24,28,30H,16-17H2,1-5H3/t20-,21+,22-,23+,24-/m1/s1. The number of carbonyl (C=O) groups is 1. The molecule has 2 aliphatic rings. The lowest BCUT2D eigenvalue weighted by atomic mass is 9.95. The lowest BCUT2D eigenvalue weighted by Gasteiger charge is -2.33. The molecule has 2 N–H and O–H groups in total. The van der Waals surface area contributed by atoms with E-state index in [0.717, 1.165) is 11.1 Å². The molecule has 184 valence electrons. The summed E-state index contributed by atoms with van der Waals surface area (Å²) < 4.78 is 18.0. The van der Waals surface area contributed by atoms with E-state index in [1.54, 1.807) is 4.90 Å². The highest BCUT2D eigenvalue weighted by atomic mass is 16.8. The number of nitrogens with one attached hydrogen (secondary N) is 1. The van der Waals surface area contributed by atoms with Gasteiger partial charge >= 0.3 is 6.09 Å². The van der Waals surface area contributed by atoms with Crippen LogP contribution in [-0.4, -0.2) is 58.8 Å². The Morgan fingerprint density at radius 1 is 1.09 bits per heavy atom. The van der Waals surface area contributed by atoms with Crippen molar-refractivity contribution in [1.82, 2.24) is 10.2 Å². The molecule has 2 aliphatic heterocycles. The number of aliphatic hydroxyl groups is 1. The number of fused-ring (bicyclic) bond motifs is 1. The third kappa shape index (κ3) is 5.61. The molecule has 7 heteroatoms. The van der Waals surface area contributed by atoms with E-state index in [4.69, 9.17) is 14.2 Å². The highest BCUT2D eigenvalue weighted by Crippen LogP contribution is 2.38. The smallest absolute Gasteiger partial charge is 0.410 e. The number of amides is 1. The molecule has 34 heavy (non-hydrogen) atoms. The van der Waals surface area contributed by atoms with Gasteiger partial charge in [0.2, 0.25) is 0 Å². The molecule has 5 atom stereocenters. The average Bonchev–Trinajstić information content (AvgIpc) is 3.26. The van der Waals surface area contributed by atoms with E-state index in [1.165, 1.54) is 0 Å². The molecule has 7 nitrogen and oxygen atoms in total. The van der Waals surface area contributed by atoms with Gasteiger partial charge in [0.05, 0.1) is 24.7 Å². The van der Waals surface area contributed by atoms with Crippen LogP contribution in [-0.2, 0) is 14.2 Å². The third-order valence-electron chi connectivity index (χ3n) is 6.17. The summed E-state index contributed by atoms with van der Waals surface area (Å²) in [5.41, 5.74) is 1.17. The molecular weight excluding hydrogens is 432 g/mol. The minimum absolute atomic E-state index is 0.233. The van der Waals surface area contributed by atoms with E-state index in [-0.39, 0.29) is 24.3 Å². The zero-order valence-electron chi connectivity index (χ0n) is 20.6. The first kappa shape index (κ1) is 24.7. The van der Waals surface area contributed by atoms with Gasteiger partial charge in [-0.1, -0.05) is 60.7 Å². The Balaban J connectivity index is 1.57. The second-order valence-electron chi connectivity index (χ2n) is 10.5. The Bertz CT molecular complexity index is 960. The SMILES string of the molecule is CC(C)(C)OC(=O)N1C[C@@H]2OC(C)(C)O[C@@H]2[C@H]1CN[C@H](c1ccccc1)[C@@H](O)c1ccccc1. The summed E-state index contributed by atoms with van der Waals surface area (Å²) in [7, 11) is 0. The van der Waals surface area contributed by atoms with Crippen molar-refractivity contribution in [3.8, 4) is 0 Å². The topological polar surface area (TPSA) is 80.3 Å². The fourth-order valence-electron chi connectivity index (χ4n) is 4.76. The van der Waals surface area contributed by atoms with Gasteiger partial charge in [-0.05, 0) is 45.7 Å². The molecule has 0 aliphatic carbocycles. The summed E-state index contributed by atoms with van der Waals surface area (Å²) in [6.45, 7) is 10.1. The van der Waals surface area contributed by atoms with E-state index in [9.17, 15) is 9.90 Å². The zero-order valence-corrected chi connectivity index (χ0v) is 20.6. The van der Waals surface area contributed by atoms with E-state index < -0.39 is 23.6 Å². The van der Waals surface area contributed by atoms with Crippen molar-refractivity contribution in [3.05, 3.63) is 71.8 Å². The summed E-state index contributed by atoms with van der Waals surface area (Å²) in [6, 6.07) is 18.7. The molecule has 0 bridgehead atoms. The fourth-order valence-corrected chi connectivity index (χ4v) is 4.76. The van der Waals surface area contributed by atoms with E-state index in [0.29, 0.717) is 13.1 Å². The van der Waals surface area contributed by atoms with E-state index in [2.05, 4.69) is 5.32 Å². The predicted octanol–water partition coefficient (Wildman–Crippen LogP) is 4.19. The number of rotatable bonds is 6. The minimum atomic E-state index is -0.770. The van der Waals surface area contributed by atoms with Crippen LogP contribution in [0.3, 0.4) is 0 Å². The lowest BCUT2D eigenvalue weighted by Crippen LogP contribution is -2.49. The van der Waals surface area contributed by atoms with Crippen LogP contribution in [0, 0.1) is 0 Å². The summed E-state index contributed by atoms with van der Waals surface area (Å²) in [4.78, 5) is 14.7. The van der Waals surface area contributed by atoms with E-state index in [1.807, 2.05) is 95.3 Å². The molecule has 0 spiro atoms. The monoisotopic (exact) mass is 468 g/mol. The lowest BCUT2D eigenvalue weighted by molar-refractivity contribution is -0.160. The summed E-state index contributed by atoms with van der Waals surface area (Å²) in [6.07, 6.45) is -1.68. The quantitative estimate of drug-likeness (QED) is 0.662. The molecule has 2 heterocycles. The molecular formula is C27H36N2O5. The number of benzene rings is 2. The fraction of sp³-hybridized carbons (Fsp3) is 0.519. The Morgan fingerprint density at radius 3 is 2.26 bits per heavy atom. The molecule has 2 aromatic rings. The molecule has 0 unspecified atom stereocenters. The van der Waals surface area contributed by atoms with Gasteiger partial charge in [0.25, 0.3) is 0 Å². The molecule has 0 saturated carbocycles. The Hall–Kier alpha value is -2.45. The van der Waals surface area contributed by atoms with Crippen LogP contribution < -0.4 is 5.32 Å². The van der Waals surface area contributed by atoms with Crippen molar-refractivity contribution in [3.63, 3.8) is 0 Å². The molecule has 2 fully saturated rings. The van der Waals surface area contributed by atoms with Crippen molar-refractivity contribution < 1.29 is 24.1 Å². The average molecular weight is 469 g/mol. The van der Waals surface area contributed by atoms with Crippen LogP contribution in [0.5, 0.6) is 0 Å². The van der Waals surface area contributed by atoms with Crippen LogP contribution in [0.2, 0.25) is 0 Å². The van der Waals surface area contributed by atoms with Gasteiger partial charge in [-0.3, -0.25) is 4.90 Å². The van der Waals surface area contributed by atoms with Crippen LogP contribution in [0.4, 0.5) is 4.79 Å². The van der Waals surface area contributed by atoms with Crippen molar-refractivity contribution in [2.75, 3.05) is 13.1 Å². The summed E-state index contributed by atoms with van der Waals surface area (Å²) in [5, 5.41) is 14.8. The number of carbonyl (C=O) groups excluding carboxylic acids is 1. The largest absolute Gasteiger partial charge is 0.444 e. The molecule has 0 radical (unpaired) electrons.